The van der Waals surface area contributed by atoms with Crippen LogP contribution in [0, 0.1) is 0 Å². The van der Waals surface area contributed by atoms with Gasteiger partial charge in [-0.3, -0.25) is 9.78 Å². The minimum Gasteiger partial charge on any atom is -0.351 e. The molecule has 0 radical (unpaired) electrons. The fraction of sp³-hybridized carbons (Fsp3) is 0.316. The van der Waals surface area contributed by atoms with Crippen molar-refractivity contribution in [1.29, 1.82) is 0 Å². The van der Waals surface area contributed by atoms with Gasteiger partial charge in [0.2, 0.25) is 5.91 Å². The first-order chi connectivity index (χ1) is 12.7. The number of carbonyl (C=O) groups is 2. The van der Waals surface area contributed by atoms with Crippen LogP contribution in [0.3, 0.4) is 0 Å². The van der Waals surface area contributed by atoms with Crippen molar-refractivity contribution >= 4 is 30.0 Å². The predicted molar refractivity (Wildman–Crippen MR) is 107 cm³/mol. The van der Waals surface area contributed by atoms with Gasteiger partial charge in [0, 0.05) is 31.2 Å². The minimum absolute atomic E-state index is 0. The van der Waals surface area contributed by atoms with E-state index in [1.807, 2.05) is 36.4 Å². The number of hydrogen-bond donors (Lipinski definition) is 4. The Kier molecular flexibility index (Phi) is 8.03. The van der Waals surface area contributed by atoms with E-state index < -0.39 is 0 Å². The first kappa shape index (κ1) is 20.7. The number of carbonyl (C=O) groups excluding carboxylic acids is 2. The van der Waals surface area contributed by atoms with E-state index in [9.17, 15) is 9.59 Å². The Labute approximate surface area is 164 Å². The number of aromatic nitrogens is 1. The Morgan fingerprint density at radius 2 is 1.85 bits per heavy atom. The van der Waals surface area contributed by atoms with Crippen LogP contribution >= 0.6 is 12.4 Å². The lowest BCUT2D eigenvalue weighted by Crippen LogP contribution is -2.40. The van der Waals surface area contributed by atoms with Crippen LogP contribution in [0.25, 0.3) is 0 Å². The van der Waals surface area contributed by atoms with Gasteiger partial charge in [0.15, 0.2) is 0 Å². The normalized spacial score (nSPS) is 15.5. The molecule has 1 atom stereocenters. The maximum atomic E-state index is 12.0. The summed E-state index contributed by atoms with van der Waals surface area (Å²) in [5.41, 5.74) is 2.60. The smallest absolute Gasteiger partial charge is 0.319 e. The first-order valence-corrected chi connectivity index (χ1v) is 8.74. The molecule has 0 saturated carbocycles. The van der Waals surface area contributed by atoms with Crippen molar-refractivity contribution in [3.05, 3.63) is 59.9 Å². The number of anilines is 1. The summed E-state index contributed by atoms with van der Waals surface area (Å²) in [5.74, 6) is 0.0240. The van der Waals surface area contributed by atoms with Crippen LogP contribution in [0.4, 0.5) is 10.5 Å². The van der Waals surface area contributed by atoms with Crippen molar-refractivity contribution in [2.45, 2.75) is 32.0 Å². The van der Waals surface area contributed by atoms with Crippen LogP contribution < -0.4 is 21.3 Å². The molecule has 7 nitrogen and oxygen atoms in total. The molecule has 4 N–H and O–H groups in total. The van der Waals surface area contributed by atoms with E-state index in [1.54, 1.807) is 12.4 Å². The number of nitrogens with one attached hydrogen (secondary N) is 4. The zero-order valence-electron chi connectivity index (χ0n) is 14.9. The van der Waals surface area contributed by atoms with Gasteiger partial charge >= 0.3 is 6.03 Å². The summed E-state index contributed by atoms with van der Waals surface area (Å²) >= 11 is 0. The van der Waals surface area contributed by atoms with Crippen molar-refractivity contribution in [3.8, 4) is 0 Å². The zero-order chi connectivity index (χ0) is 18.2. The van der Waals surface area contributed by atoms with Crippen molar-refractivity contribution in [2.75, 3.05) is 11.9 Å². The van der Waals surface area contributed by atoms with E-state index in [0.29, 0.717) is 18.8 Å². The van der Waals surface area contributed by atoms with Crippen molar-refractivity contribution < 1.29 is 9.59 Å². The molecule has 144 valence electrons. The first-order valence-electron chi connectivity index (χ1n) is 8.74. The van der Waals surface area contributed by atoms with E-state index >= 15 is 0 Å². The second-order valence-electron chi connectivity index (χ2n) is 6.23. The SMILES string of the molecule is Cl.O=C(NCc1ccncc1)Nc1cccc(CNC(=O)C2CCCN2)c1. The largest absolute Gasteiger partial charge is 0.351 e. The lowest BCUT2D eigenvalue weighted by atomic mass is 10.2. The second kappa shape index (κ2) is 10.5. The fourth-order valence-corrected chi connectivity index (χ4v) is 2.84. The Balaban J connectivity index is 0.00000261. The molecule has 0 bridgehead atoms. The van der Waals surface area contributed by atoms with Crippen molar-refractivity contribution in [2.24, 2.45) is 0 Å². The summed E-state index contributed by atoms with van der Waals surface area (Å²) in [6.07, 6.45) is 5.29. The number of pyridine rings is 1. The number of halogens is 1. The number of rotatable bonds is 6. The van der Waals surface area contributed by atoms with Gasteiger partial charge in [-0.25, -0.2) is 4.79 Å². The van der Waals surface area contributed by atoms with Crippen LogP contribution in [0.15, 0.2) is 48.8 Å². The molecular weight excluding hydrogens is 366 g/mol. The van der Waals surface area contributed by atoms with Crippen LogP contribution in [0.5, 0.6) is 0 Å². The number of nitrogens with zero attached hydrogens (tertiary/aromatic N) is 1. The van der Waals surface area contributed by atoms with Gasteiger partial charge in [0.05, 0.1) is 6.04 Å². The molecule has 1 fully saturated rings. The molecule has 1 unspecified atom stereocenters. The van der Waals surface area contributed by atoms with E-state index in [1.165, 1.54) is 0 Å². The van der Waals surface area contributed by atoms with E-state index in [2.05, 4.69) is 26.3 Å². The van der Waals surface area contributed by atoms with Crippen LogP contribution in [0.2, 0.25) is 0 Å². The van der Waals surface area contributed by atoms with Gasteiger partial charge in [-0.05, 0) is 54.8 Å². The standard InChI is InChI=1S/C19H23N5O2.ClH/c25-18(17-5-2-8-21-17)22-13-15-3-1-4-16(11-15)24-19(26)23-12-14-6-9-20-10-7-14;/h1,3-4,6-7,9-11,17,21H,2,5,8,12-13H2,(H,22,25)(H2,23,24,26);1H. The highest BCUT2D eigenvalue weighted by Gasteiger charge is 2.21. The highest BCUT2D eigenvalue weighted by Crippen LogP contribution is 2.11. The number of urea groups is 1. The molecule has 1 aromatic carbocycles. The number of benzene rings is 1. The lowest BCUT2D eigenvalue weighted by molar-refractivity contribution is -0.122. The Morgan fingerprint density at radius 1 is 1.07 bits per heavy atom. The minimum atomic E-state index is -0.279. The summed E-state index contributed by atoms with van der Waals surface area (Å²) < 4.78 is 0. The summed E-state index contributed by atoms with van der Waals surface area (Å²) in [7, 11) is 0. The topological polar surface area (TPSA) is 95.2 Å². The molecule has 1 saturated heterocycles. The van der Waals surface area contributed by atoms with Crippen LogP contribution in [-0.4, -0.2) is 29.5 Å². The maximum absolute atomic E-state index is 12.0. The van der Waals surface area contributed by atoms with Crippen LogP contribution in [0.1, 0.15) is 24.0 Å². The molecule has 0 aliphatic carbocycles. The van der Waals surface area contributed by atoms with E-state index in [0.717, 1.165) is 30.5 Å². The van der Waals surface area contributed by atoms with E-state index in [4.69, 9.17) is 0 Å². The molecule has 2 heterocycles. The summed E-state index contributed by atoms with van der Waals surface area (Å²) in [4.78, 5) is 28.0. The third kappa shape index (κ3) is 6.54. The predicted octanol–water partition coefficient (Wildman–Crippen LogP) is 2.19. The monoisotopic (exact) mass is 389 g/mol. The maximum Gasteiger partial charge on any atom is 0.319 e. The zero-order valence-corrected chi connectivity index (χ0v) is 15.7. The van der Waals surface area contributed by atoms with Crippen molar-refractivity contribution in [3.63, 3.8) is 0 Å². The highest BCUT2D eigenvalue weighted by atomic mass is 35.5. The number of amides is 3. The summed E-state index contributed by atoms with van der Waals surface area (Å²) in [5, 5.41) is 11.7. The number of hydrogen-bond acceptors (Lipinski definition) is 4. The molecule has 2 aromatic rings. The quantitative estimate of drug-likeness (QED) is 0.609. The third-order valence-corrected chi connectivity index (χ3v) is 4.23. The molecule has 27 heavy (non-hydrogen) atoms. The molecule has 1 aliphatic rings. The van der Waals surface area contributed by atoms with Crippen LogP contribution in [-0.2, 0) is 17.9 Å². The average Bonchev–Trinajstić information content (AvgIpc) is 3.20. The molecular formula is C19H24ClN5O2. The van der Waals surface area contributed by atoms with Crippen molar-refractivity contribution in [1.82, 2.24) is 20.9 Å². The van der Waals surface area contributed by atoms with Gasteiger partial charge in [0.25, 0.3) is 0 Å². The van der Waals surface area contributed by atoms with Gasteiger partial charge in [-0.2, -0.15) is 0 Å². The summed E-state index contributed by atoms with van der Waals surface area (Å²) in [6.45, 7) is 1.76. The molecule has 1 aliphatic heterocycles. The van der Waals surface area contributed by atoms with Gasteiger partial charge < -0.3 is 21.3 Å². The average molecular weight is 390 g/mol. The van der Waals surface area contributed by atoms with Gasteiger partial charge in [-0.1, -0.05) is 12.1 Å². The Morgan fingerprint density at radius 3 is 2.59 bits per heavy atom. The van der Waals surface area contributed by atoms with E-state index in [-0.39, 0.29) is 30.4 Å². The van der Waals surface area contributed by atoms with Gasteiger partial charge in [0.1, 0.15) is 0 Å². The Bertz CT molecular complexity index is 751. The molecule has 3 rings (SSSR count). The third-order valence-electron chi connectivity index (χ3n) is 4.23. The molecule has 0 spiro atoms. The highest BCUT2D eigenvalue weighted by molar-refractivity contribution is 5.89. The van der Waals surface area contributed by atoms with Gasteiger partial charge in [-0.15, -0.1) is 12.4 Å². The Hall–Kier alpha value is -2.64. The molecule has 8 heteroatoms. The summed E-state index contributed by atoms with van der Waals surface area (Å²) in [6, 6.07) is 10.8. The fourth-order valence-electron chi connectivity index (χ4n) is 2.84. The lowest BCUT2D eigenvalue weighted by Gasteiger charge is -2.12. The second-order valence-corrected chi connectivity index (χ2v) is 6.23. The molecule has 3 amide bonds. The molecule has 1 aromatic heterocycles.